The van der Waals surface area contributed by atoms with Gasteiger partial charge in [-0.15, -0.1) is 0 Å². The molecule has 3 aromatic carbocycles. The Bertz CT molecular complexity index is 1040. The number of aromatic hydroxyl groups is 1. The van der Waals surface area contributed by atoms with Crippen molar-refractivity contribution in [1.82, 2.24) is 0 Å². The number of aryl methyl sites for hydroxylation is 1. The van der Waals surface area contributed by atoms with Crippen molar-refractivity contribution in [2.75, 3.05) is 6.61 Å². The van der Waals surface area contributed by atoms with Crippen LogP contribution in [0, 0.1) is 12.7 Å². The van der Waals surface area contributed by atoms with Crippen LogP contribution in [-0.4, -0.2) is 22.8 Å². The van der Waals surface area contributed by atoms with Crippen molar-refractivity contribution in [2.45, 2.75) is 26.2 Å². The fourth-order valence-corrected chi connectivity index (χ4v) is 4.07. The molecular formula is C24H22BrFO4. The lowest BCUT2D eigenvalue weighted by Gasteiger charge is -2.17. The quantitative estimate of drug-likeness (QED) is 0.455. The lowest BCUT2D eigenvalue weighted by atomic mass is 9.90. The molecule has 2 N–H and O–H groups in total. The van der Waals surface area contributed by atoms with Gasteiger partial charge in [-0.3, -0.25) is 0 Å². The van der Waals surface area contributed by atoms with Crippen LogP contribution in [0.4, 0.5) is 4.39 Å². The first-order valence-corrected chi connectivity index (χ1v) is 10.2. The Labute approximate surface area is 183 Å². The number of phenols is 1. The lowest BCUT2D eigenvalue weighted by molar-refractivity contribution is -0.139. The summed E-state index contributed by atoms with van der Waals surface area (Å²) in [4.78, 5) is 10.7. The van der Waals surface area contributed by atoms with E-state index in [9.17, 15) is 14.3 Å². The summed E-state index contributed by atoms with van der Waals surface area (Å²) < 4.78 is 19.3. The van der Waals surface area contributed by atoms with Crippen molar-refractivity contribution in [3.63, 3.8) is 0 Å². The van der Waals surface area contributed by atoms with Crippen LogP contribution in [-0.2, 0) is 11.2 Å². The Balaban J connectivity index is 1.86. The highest BCUT2D eigenvalue weighted by Gasteiger charge is 2.15. The van der Waals surface area contributed by atoms with Gasteiger partial charge in [-0.1, -0.05) is 47.1 Å². The Hall–Kier alpha value is -2.86. The predicted octanol–water partition coefficient (Wildman–Crippen LogP) is 5.81. The van der Waals surface area contributed by atoms with Crippen molar-refractivity contribution in [3.05, 3.63) is 92.7 Å². The van der Waals surface area contributed by atoms with E-state index < -0.39 is 12.6 Å². The third-order valence-electron chi connectivity index (χ3n) is 5.06. The number of carboxylic acids is 1. The van der Waals surface area contributed by atoms with E-state index in [1.807, 2.05) is 32.0 Å². The van der Waals surface area contributed by atoms with Crippen molar-refractivity contribution >= 4 is 21.9 Å². The summed E-state index contributed by atoms with van der Waals surface area (Å²) in [6, 6.07) is 15.4. The zero-order valence-corrected chi connectivity index (χ0v) is 18.2. The molecule has 0 aliphatic rings. The number of halogens is 2. The van der Waals surface area contributed by atoms with Gasteiger partial charge < -0.3 is 14.9 Å². The first-order valence-electron chi connectivity index (χ1n) is 9.45. The third kappa shape index (κ3) is 5.19. The maximum atomic E-state index is 13.2. The molecule has 156 valence electrons. The Morgan fingerprint density at radius 3 is 2.47 bits per heavy atom. The average Bonchev–Trinajstić information content (AvgIpc) is 2.70. The molecule has 1 unspecified atom stereocenters. The van der Waals surface area contributed by atoms with Gasteiger partial charge in [0, 0.05) is 16.0 Å². The zero-order valence-electron chi connectivity index (χ0n) is 16.7. The van der Waals surface area contributed by atoms with E-state index in [-0.39, 0.29) is 17.5 Å². The molecule has 0 aliphatic carbocycles. The standard InChI is InChI=1S/C24H22BrFO4/c1-14-9-19(30-13-24(28)29)12-22(25)20(14)10-16-3-8-23(27)21(11-16)15(2)17-4-6-18(26)7-5-17/h3-9,11-12,15,27H,10,13H2,1-2H3,(H,28,29). The molecule has 0 saturated heterocycles. The van der Waals surface area contributed by atoms with Crippen LogP contribution in [0.25, 0.3) is 0 Å². The highest BCUT2D eigenvalue weighted by molar-refractivity contribution is 9.10. The number of aliphatic carboxylic acids is 1. The molecule has 4 nitrogen and oxygen atoms in total. The summed E-state index contributed by atoms with van der Waals surface area (Å²) in [6.45, 7) is 3.52. The molecule has 1 atom stereocenters. The predicted molar refractivity (Wildman–Crippen MR) is 117 cm³/mol. The van der Waals surface area contributed by atoms with Crippen LogP contribution >= 0.6 is 15.9 Å². The minimum absolute atomic E-state index is 0.0955. The summed E-state index contributed by atoms with van der Waals surface area (Å²) in [5.41, 5.74) is 4.71. The van der Waals surface area contributed by atoms with Crippen LogP contribution < -0.4 is 4.74 Å². The second kappa shape index (κ2) is 9.30. The van der Waals surface area contributed by atoms with Crippen molar-refractivity contribution < 1.29 is 24.1 Å². The van der Waals surface area contributed by atoms with Gasteiger partial charge in [0.25, 0.3) is 0 Å². The molecular weight excluding hydrogens is 451 g/mol. The third-order valence-corrected chi connectivity index (χ3v) is 5.77. The molecule has 30 heavy (non-hydrogen) atoms. The number of hydrogen-bond acceptors (Lipinski definition) is 3. The molecule has 0 aromatic heterocycles. The molecule has 3 rings (SSSR count). The maximum absolute atomic E-state index is 13.2. The molecule has 0 spiro atoms. The molecule has 0 radical (unpaired) electrons. The van der Waals surface area contributed by atoms with E-state index in [0.29, 0.717) is 12.2 Å². The summed E-state index contributed by atoms with van der Waals surface area (Å²) >= 11 is 3.56. The summed E-state index contributed by atoms with van der Waals surface area (Å²) in [6.07, 6.45) is 0.620. The summed E-state index contributed by atoms with van der Waals surface area (Å²) in [5, 5.41) is 19.2. The number of carbonyl (C=O) groups is 1. The number of carboxylic acid groups (broad SMARTS) is 1. The SMILES string of the molecule is Cc1cc(OCC(=O)O)cc(Br)c1Cc1ccc(O)c(C(C)c2ccc(F)cc2)c1. The van der Waals surface area contributed by atoms with Crippen LogP contribution in [0.15, 0.2) is 59.1 Å². The highest BCUT2D eigenvalue weighted by Crippen LogP contribution is 2.34. The monoisotopic (exact) mass is 472 g/mol. The van der Waals surface area contributed by atoms with Gasteiger partial charge in [-0.2, -0.15) is 0 Å². The summed E-state index contributed by atoms with van der Waals surface area (Å²) in [5.74, 6) is -0.729. The molecule has 3 aromatic rings. The number of benzene rings is 3. The van der Waals surface area contributed by atoms with E-state index in [1.54, 1.807) is 24.3 Å². The smallest absolute Gasteiger partial charge is 0.341 e. The van der Waals surface area contributed by atoms with E-state index in [1.165, 1.54) is 12.1 Å². The topological polar surface area (TPSA) is 66.8 Å². The largest absolute Gasteiger partial charge is 0.508 e. The van der Waals surface area contributed by atoms with Crippen molar-refractivity contribution in [2.24, 2.45) is 0 Å². The zero-order chi connectivity index (χ0) is 21.8. The van der Waals surface area contributed by atoms with E-state index >= 15 is 0 Å². The van der Waals surface area contributed by atoms with Gasteiger partial charge in [0.2, 0.25) is 0 Å². The van der Waals surface area contributed by atoms with Gasteiger partial charge >= 0.3 is 5.97 Å². The fraction of sp³-hybridized carbons (Fsp3) is 0.208. The molecule has 6 heteroatoms. The number of phenolic OH excluding ortho intramolecular Hbond substituents is 1. The number of rotatable bonds is 7. The number of hydrogen-bond donors (Lipinski definition) is 2. The molecule has 0 bridgehead atoms. The minimum Gasteiger partial charge on any atom is -0.508 e. The Kier molecular flexibility index (Phi) is 6.77. The molecule has 0 fully saturated rings. The van der Waals surface area contributed by atoms with Crippen molar-refractivity contribution in [3.8, 4) is 11.5 Å². The minimum atomic E-state index is -1.03. The normalized spacial score (nSPS) is 11.9. The van der Waals surface area contributed by atoms with Crippen molar-refractivity contribution in [1.29, 1.82) is 0 Å². The average molecular weight is 473 g/mol. The summed E-state index contributed by atoms with van der Waals surface area (Å²) in [7, 11) is 0. The second-order valence-corrected chi connectivity index (χ2v) is 8.08. The van der Waals surface area contributed by atoms with E-state index in [4.69, 9.17) is 9.84 Å². The molecule has 0 heterocycles. The first-order chi connectivity index (χ1) is 14.2. The Morgan fingerprint density at radius 1 is 1.13 bits per heavy atom. The van der Waals surface area contributed by atoms with Gasteiger partial charge in [0.15, 0.2) is 6.61 Å². The molecule has 0 saturated carbocycles. The van der Waals surface area contributed by atoms with Gasteiger partial charge in [-0.25, -0.2) is 9.18 Å². The van der Waals surface area contributed by atoms with Gasteiger partial charge in [0.05, 0.1) is 0 Å². The van der Waals surface area contributed by atoms with Crippen LogP contribution in [0.5, 0.6) is 11.5 Å². The van der Waals surface area contributed by atoms with Gasteiger partial charge in [0.1, 0.15) is 17.3 Å². The van der Waals surface area contributed by atoms with Crippen LogP contribution in [0.1, 0.15) is 40.7 Å². The lowest BCUT2D eigenvalue weighted by Crippen LogP contribution is -2.09. The second-order valence-electron chi connectivity index (χ2n) is 7.23. The van der Waals surface area contributed by atoms with Crippen LogP contribution in [0.3, 0.4) is 0 Å². The number of ether oxygens (including phenoxy) is 1. The fourth-order valence-electron chi connectivity index (χ4n) is 3.39. The molecule has 0 aliphatic heterocycles. The first kappa shape index (κ1) is 21.8. The molecule has 0 amide bonds. The maximum Gasteiger partial charge on any atom is 0.341 e. The Morgan fingerprint density at radius 2 is 1.83 bits per heavy atom. The van der Waals surface area contributed by atoms with E-state index in [2.05, 4.69) is 15.9 Å². The van der Waals surface area contributed by atoms with Crippen LogP contribution in [0.2, 0.25) is 0 Å². The van der Waals surface area contributed by atoms with E-state index in [0.717, 1.165) is 32.3 Å². The highest BCUT2D eigenvalue weighted by atomic mass is 79.9. The van der Waals surface area contributed by atoms with Gasteiger partial charge in [-0.05, 0) is 65.9 Å².